The minimum Gasteiger partial charge on any atom is -0.399 e. The van der Waals surface area contributed by atoms with Gasteiger partial charge in [-0.1, -0.05) is 19.9 Å². The number of carbonyl (C=O) groups is 1. The van der Waals surface area contributed by atoms with Crippen LogP contribution in [0.25, 0.3) is 0 Å². The van der Waals surface area contributed by atoms with Gasteiger partial charge in [-0.15, -0.1) is 0 Å². The number of carbonyl (C=O) groups excluding carboxylic acids is 1. The number of anilines is 2. The number of hydrogen-bond acceptors (Lipinski definition) is 3. The van der Waals surface area contributed by atoms with Gasteiger partial charge in [-0.25, -0.2) is 0 Å². The Morgan fingerprint density at radius 2 is 2.17 bits per heavy atom. The van der Waals surface area contributed by atoms with Crippen LogP contribution >= 0.6 is 11.8 Å². The fourth-order valence-corrected chi connectivity index (χ4v) is 2.48. The van der Waals surface area contributed by atoms with Gasteiger partial charge >= 0.3 is 0 Å². The summed E-state index contributed by atoms with van der Waals surface area (Å²) in [5, 5.41) is 2.90. The fourth-order valence-electron chi connectivity index (χ4n) is 1.44. The molecule has 0 saturated carbocycles. The molecule has 0 atom stereocenters. The Labute approximate surface area is 114 Å². The van der Waals surface area contributed by atoms with Crippen molar-refractivity contribution in [3.63, 3.8) is 0 Å². The van der Waals surface area contributed by atoms with Gasteiger partial charge < -0.3 is 11.1 Å². The predicted molar refractivity (Wildman–Crippen MR) is 81.0 cm³/mol. The number of thioether (sulfide) groups is 1. The molecule has 0 aliphatic heterocycles. The first-order valence-electron chi connectivity index (χ1n) is 6.22. The number of nitrogens with two attached hydrogens (primary N) is 1. The average molecular weight is 266 g/mol. The van der Waals surface area contributed by atoms with Crippen LogP contribution in [-0.2, 0) is 4.79 Å². The second-order valence-electron chi connectivity index (χ2n) is 4.86. The summed E-state index contributed by atoms with van der Waals surface area (Å²) >= 11 is 1.68. The Morgan fingerprint density at radius 3 is 2.83 bits per heavy atom. The van der Waals surface area contributed by atoms with Gasteiger partial charge in [0.1, 0.15) is 0 Å². The number of benzene rings is 1. The summed E-state index contributed by atoms with van der Waals surface area (Å²) in [7, 11) is 0. The third-order valence-electron chi connectivity index (χ3n) is 2.61. The van der Waals surface area contributed by atoms with Gasteiger partial charge in [-0.05, 0) is 42.7 Å². The molecular formula is C14H22N2OS. The summed E-state index contributed by atoms with van der Waals surface area (Å²) in [5.41, 5.74) is 8.21. The van der Waals surface area contributed by atoms with Gasteiger partial charge in [0.05, 0.1) is 5.75 Å². The van der Waals surface area contributed by atoms with Crippen LogP contribution in [0.5, 0.6) is 0 Å². The maximum absolute atomic E-state index is 11.7. The summed E-state index contributed by atoms with van der Waals surface area (Å²) in [6, 6.07) is 5.55. The van der Waals surface area contributed by atoms with E-state index in [0.29, 0.717) is 17.4 Å². The molecule has 0 heterocycles. The number of aryl methyl sites for hydroxylation is 1. The molecule has 0 fully saturated rings. The highest BCUT2D eigenvalue weighted by atomic mass is 32.2. The zero-order valence-corrected chi connectivity index (χ0v) is 12.1. The number of amides is 1. The van der Waals surface area contributed by atoms with Gasteiger partial charge in [-0.2, -0.15) is 11.8 Å². The molecule has 0 aliphatic carbocycles. The molecule has 1 aromatic rings. The van der Waals surface area contributed by atoms with Crippen LogP contribution in [0.2, 0.25) is 0 Å². The monoisotopic (exact) mass is 266 g/mol. The molecular weight excluding hydrogens is 244 g/mol. The molecule has 3 nitrogen and oxygen atoms in total. The summed E-state index contributed by atoms with van der Waals surface area (Å²) in [4.78, 5) is 11.7. The van der Waals surface area contributed by atoms with Crippen molar-refractivity contribution in [1.82, 2.24) is 0 Å². The smallest absolute Gasteiger partial charge is 0.234 e. The Hall–Kier alpha value is -1.16. The summed E-state index contributed by atoms with van der Waals surface area (Å²) in [6.45, 7) is 6.34. The van der Waals surface area contributed by atoms with E-state index in [1.807, 2.05) is 19.1 Å². The van der Waals surface area contributed by atoms with Crippen molar-refractivity contribution < 1.29 is 4.79 Å². The van der Waals surface area contributed by atoms with Crippen LogP contribution in [0.3, 0.4) is 0 Å². The van der Waals surface area contributed by atoms with Crippen LogP contribution in [0.1, 0.15) is 25.8 Å². The first-order valence-corrected chi connectivity index (χ1v) is 7.38. The number of rotatable bonds is 6. The van der Waals surface area contributed by atoms with E-state index in [2.05, 4.69) is 19.2 Å². The van der Waals surface area contributed by atoms with Gasteiger partial charge in [0.2, 0.25) is 5.91 Å². The van der Waals surface area contributed by atoms with E-state index in [9.17, 15) is 4.79 Å². The lowest BCUT2D eigenvalue weighted by Gasteiger charge is -2.09. The number of nitrogens with one attached hydrogen (secondary N) is 1. The molecule has 0 aliphatic rings. The highest BCUT2D eigenvalue weighted by Gasteiger charge is 2.05. The molecule has 0 radical (unpaired) electrons. The summed E-state index contributed by atoms with van der Waals surface area (Å²) < 4.78 is 0. The van der Waals surface area contributed by atoms with Crippen molar-refractivity contribution in [2.24, 2.45) is 5.92 Å². The van der Waals surface area contributed by atoms with Crippen molar-refractivity contribution in [2.75, 3.05) is 22.6 Å². The predicted octanol–water partition coefficient (Wildman–Crippen LogP) is 3.30. The highest BCUT2D eigenvalue weighted by Crippen LogP contribution is 2.18. The van der Waals surface area contributed by atoms with Crippen molar-refractivity contribution >= 4 is 29.0 Å². The SMILES string of the molecule is Cc1ccc(N)cc1NC(=O)CSCCC(C)C. The average Bonchev–Trinajstić information content (AvgIpc) is 2.29. The van der Waals surface area contributed by atoms with Crippen molar-refractivity contribution in [1.29, 1.82) is 0 Å². The van der Waals surface area contributed by atoms with Crippen LogP contribution < -0.4 is 11.1 Å². The molecule has 0 saturated heterocycles. The van der Waals surface area contributed by atoms with E-state index < -0.39 is 0 Å². The topological polar surface area (TPSA) is 55.1 Å². The third kappa shape index (κ3) is 5.45. The van der Waals surface area contributed by atoms with E-state index in [0.717, 1.165) is 23.4 Å². The molecule has 18 heavy (non-hydrogen) atoms. The molecule has 0 spiro atoms. The largest absolute Gasteiger partial charge is 0.399 e. The number of nitrogen functional groups attached to an aromatic ring is 1. The van der Waals surface area contributed by atoms with Crippen molar-refractivity contribution in [2.45, 2.75) is 27.2 Å². The van der Waals surface area contributed by atoms with Crippen LogP contribution in [0, 0.1) is 12.8 Å². The lowest BCUT2D eigenvalue weighted by atomic mass is 10.2. The lowest BCUT2D eigenvalue weighted by molar-refractivity contribution is -0.113. The van der Waals surface area contributed by atoms with Crippen molar-refractivity contribution in [3.8, 4) is 0 Å². The molecule has 100 valence electrons. The first-order chi connectivity index (χ1) is 8.49. The van der Waals surface area contributed by atoms with E-state index >= 15 is 0 Å². The summed E-state index contributed by atoms with van der Waals surface area (Å²) in [6.07, 6.45) is 1.15. The molecule has 0 unspecified atom stereocenters. The number of hydrogen-bond donors (Lipinski definition) is 2. The second-order valence-corrected chi connectivity index (χ2v) is 5.96. The van der Waals surface area contributed by atoms with Crippen LogP contribution in [0.4, 0.5) is 11.4 Å². The zero-order chi connectivity index (χ0) is 13.5. The Bertz CT molecular complexity index is 405. The van der Waals surface area contributed by atoms with Gasteiger partial charge in [-0.3, -0.25) is 4.79 Å². The van der Waals surface area contributed by atoms with E-state index in [1.165, 1.54) is 0 Å². The molecule has 4 heteroatoms. The standard InChI is InChI=1S/C14H22N2OS/c1-10(2)6-7-18-9-14(17)16-13-8-12(15)5-4-11(13)3/h4-5,8,10H,6-7,9,15H2,1-3H3,(H,16,17). The second kappa shape index (κ2) is 7.31. The zero-order valence-electron chi connectivity index (χ0n) is 11.3. The first kappa shape index (κ1) is 14.9. The minimum atomic E-state index is 0.0393. The fraction of sp³-hybridized carbons (Fsp3) is 0.500. The van der Waals surface area contributed by atoms with E-state index in [-0.39, 0.29) is 5.91 Å². The Morgan fingerprint density at radius 1 is 1.44 bits per heavy atom. The van der Waals surface area contributed by atoms with Crippen LogP contribution in [0.15, 0.2) is 18.2 Å². The minimum absolute atomic E-state index is 0.0393. The molecule has 3 N–H and O–H groups in total. The van der Waals surface area contributed by atoms with Crippen molar-refractivity contribution in [3.05, 3.63) is 23.8 Å². The van der Waals surface area contributed by atoms with E-state index in [1.54, 1.807) is 17.8 Å². The quantitative estimate of drug-likeness (QED) is 0.613. The van der Waals surface area contributed by atoms with Gasteiger partial charge in [0.15, 0.2) is 0 Å². The lowest BCUT2D eigenvalue weighted by Crippen LogP contribution is -2.15. The highest BCUT2D eigenvalue weighted by molar-refractivity contribution is 7.99. The maximum atomic E-state index is 11.7. The Balaban J connectivity index is 2.38. The molecule has 1 rings (SSSR count). The molecule has 0 aromatic heterocycles. The van der Waals surface area contributed by atoms with Gasteiger partial charge in [0, 0.05) is 11.4 Å². The Kier molecular flexibility index (Phi) is 6.05. The maximum Gasteiger partial charge on any atom is 0.234 e. The normalized spacial score (nSPS) is 10.7. The van der Waals surface area contributed by atoms with Gasteiger partial charge in [0.25, 0.3) is 0 Å². The molecule has 1 amide bonds. The van der Waals surface area contributed by atoms with E-state index in [4.69, 9.17) is 5.73 Å². The van der Waals surface area contributed by atoms with Crippen LogP contribution in [-0.4, -0.2) is 17.4 Å². The third-order valence-corrected chi connectivity index (χ3v) is 3.60. The molecule has 0 bridgehead atoms. The summed E-state index contributed by atoms with van der Waals surface area (Å²) in [5.74, 6) is 2.26. The molecule has 1 aromatic carbocycles.